The predicted octanol–water partition coefficient (Wildman–Crippen LogP) is 2.29. The van der Waals surface area contributed by atoms with E-state index in [0.717, 1.165) is 35.3 Å². The Morgan fingerprint density at radius 2 is 2.32 bits per heavy atom. The summed E-state index contributed by atoms with van der Waals surface area (Å²) in [5.74, 6) is 1.42. The Hall–Kier alpha value is -1.89. The fraction of sp³-hybridized carbons (Fsp3) is 0.533. The van der Waals surface area contributed by atoms with Gasteiger partial charge in [0, 0.05) is 12.5 Å². The summed E-state index contributed by atoms with van der Waals surface area (Å²) in [6.45, 7) is 1.30. The largest absolute Gasteiger partial charge is 0.467 e. The highest BCUT2D eigenvalue weighted by molar-refractivity contribution is 7.15. The van der Waals surface area contributed by atoms with Gasteiger partial charge in [0.1, 0.15) is 16.8 Å². The standard InChI is InChI=1S/C15H18N4O2S/c20-13(16-9-11-3-2-8-21-11)12-4-1-7-19(12)15-18-17-14(22-15)10-5-6-10/h2-3,8,10,12H,1,4-7,9H2,(H,16,20). The van der Waals surface area contributed by atoms with E-state index < -0.39 is 0 Å². The van der Waals surface area contributed by atoms with Crippen molar-refractivity contribution in [3.8, 4) is 0 Å². The van der Waals surface area contributed by atoms with Crippen molar-refractivity contribution in [3.63, 3.8) is 0 Å². The van der Waals surface area contributed by atoms with Crippen LogP contribution in [0.2, 0.25) is 0 Å². The molecule has 2 aromatic rings. The van der Waals surface area contributed by atoms with E-state index in [1.807, 2.05) is 12.1 Å². The Labute approximate surface area is 132 Å². The molecule has 116 valence electrons. The first-order chi connectivity index (χ1) is 10.8. The zero-order valence-electron chi connectivity index (χ0n) is 12.2. The van der Waals surface area contributed by atoms with Crippen LogP contribution in [-0.4, -0.2) is 28.7 Å². The van der Waals surface area contributed by atoms with Gasteiger partial charge in [-0.3, -0.25) is 4.79 Å². The molecular weight excluding hydrogens is 300 g/mol. The van der Waals surface area contributed by atoms with Crippen LogP contribution in [0.5, 0.6) is 0 Å². The minimum atomic E-state index is -0.144. The second-order valence-electron chi connectivity index (χ2n) is 5.85. The first-order valence-electron chi connectivity index (χ1n) is 7.71. The van der Waals surface area contributed by atoms with Crippen LogP contribution in [-0.2, 0) is 11.3 Å². The van der Waals surface area contributed by atoms with Crippen LogP contribution in [0.1, 0.15) is 42.4 Å². The number of furan rings is 1. The summed E-state index contributed by atoms with van der Waals surface area (Å²) in [5.41, 5.74) is 0. The molecule has 1 atom stereocenters. The fourth-order valence-electron chi connectivity index (χ4n) is 2.81. The molecule has 1 N–H and O–H groups in total. The molecule has 1 unspecified atom stereocenters. The Bertz CT molecular complexity index is 650. The molecule has 2 aliphatic rings. The highest BCUT2D eigenvalue weighted by atomic mass is 32.1. The van der Waals surface area contributed by atoms with Crippen LogP contribution in [0, 0.1) is 0 Å². The molecule has 1 amide bonds. The Morgan fingerprint density at radius 1 is 1.41 bits per heavy atom. The molecule has 2 aromatic heterocycles. The number of carbonyl (C=O) groups is 1. The van der Waals surface area contributed by atoms with E-state index in [-0.39, 0.29) is 11.9 Å². The molecule has 22 heavy (non-hydrogen) atoms. The van der Waals surface area contributed by atoms with Crippen molar-refractivity contribution in [1.29, 1.82) is 0 Å². The van der Waals surface area contributed by atoms with Gasteiger partial charge in [0.05, 0.1) is 12.8 Å². The van der Waals surface area contributed by atoms with Crippen molar-refractivity contribution in [1.82, 2.24) is 15.5 Å². The molecule has 1 aliphatic carbocycles. The maximum Gasteiger partial charge on any atom is 0.243 e. The van der Waals surface area contributed by atoms with Crippen molar-refractivity contribution in [2.75, 3.05) is 11.4 Å². The van der Waals surface area contributed by atoms with Gasteiger partial charge in [-0.25, -0.2) is 0 Å². The Balaban J connectivity index is 1.42. The molecule has 1 saturated carbocycles. The van der Waals surface area contributed by atoms with Gasteiger partial charge < -0.3 is 14.6 Å². The molecule has 7 heteroatoms. The minimum absolute atomic E-state index is 0.0390. The van der Waals surface area contributed by atoms with E-state index in [4.69, 9.17) is 4.42 Å². The van der Waals surface area contributed by atoms with Gasteiger partial charge in [0.2, 0.25) is 11.0 Å². The SMILES string of the molecule is O=C(NCc1ccco1)C1CCCN1c1nnc(C2CC2)s1. The maximum absolute atomic E-state index is 12.4. The predicted molar refractivity (Wildman–Crippen MR) is 82.8 cm³/mol. The molecular formula is C15H18N4O2S. The zero-order chi connectivity index (χ0) is 14.9. The number of hydrogen-bond acceptors (Lipinski definition) is 6. The Morgan fingerprint density at radius 3 is 3.09 bits per heavy atom. The quantitative estimate of drug-likeness (QED) is 0.916. The van der Waals surface area contributed by atoms with Crippen molar-refractivity contribution >= 4 is 22.4 Å². The lowest BCUT2D eigenvalue weighted by molar-refractivity contribution is -0.122. The zero-order valence-corrected chi connectivity index (χ0v) is 13.0. The highest BCUT2D eigenvalue weighted by Crippen LogP contribution is 2.43. The van der Waals surface area contributed by atoms with E-state index in [1.54, 1.807) is 17.6 Å². The number of rotatable bonds is 5. The second kappa shape index (κ2) is 5.72. The summed E-state index contributed by atoms with van der Waals surface area (Å²) in [5, 5.41) is 13.5. The topological polar surface area (TPSA) is 71.3 Å². The van der Waals surface area contributed by atoms with Crippen LogP contribution < -0.4 is 10.2 Å². The van der Waals surface area contributed by atoms with Gasteiger partial charge in [-0.05, 0) is 37.8 Å². The van der Waals surface area contributed by atoms with Crippen LogP contribution in [0.4, 0.5) is 5.13 Å². The van der Waals surface area contributed by atoms with Crippen molar-refractivity contribution in [2.24, 2.45) is 0 Å². The van der Waals surface area contributed by atoms with Gasteiger partial charge in [0.25, 0.3) is 0 Å². The second-order valence-corrected chi connectivity index (χ2v) is 6.83. The number of carbonyl (C=O) groups excluding carboxylic acids is 1. The lowest BCUT2D eigenvalue weighted by atomic mass is 10.2. The molecule has 4 rings (SSSR count). The maximum atomic E-state index is 12.4. The summed E-state index contributed by atoms with van der Waals surface area (Å²) in [6.07, 6.45) is 5.94. The number of aromatic nitrogens is 2. The monoisotopic (exact) mass is 318 g/mol. The third-order valence-electron chi connectivity index (χ3n) is 4.17. The smallest absolute Gasteiger partial charge is 0.243 e. The van der Waals surface area contributed by atoms with Gasteiger partial charge >= 0.3 is 0 Å². The third-order valence-corrected chi connectivity index (χ3v) is 5.30. The Kier molecular flexibility index (Phi) is 3.57. The summed E-state index contributed by atoms with van der Waals surface area (Å²) in [6, 6.07) is 3.54. The number of amides is 1. The fourth-order valence-corrected chi connectivity index (χ4v) is 3.90. The van der Waals surface area contributed by atoms with Gasteiger partial charge in [-0.1, -0.05) is 11.3 Å². The summed E-state index contributed by atoms with van der Waals surface area (Å²) >= 11 is 1.64. The van der Waals surface area contributed by atoms with E-state index in [0.29, 0.717) is 12.5 Å². The third kappa shape index (κ3) is 2.72. The molecule has 2 fully saturated rings. The lowest BCUT2D eigenvalue weighted by Crippen LogP contribution is -2.43. The highest BCUT2D eigenvalue weighted by Gasteiger charge is 2.34. The number of nitrogens with zero attached hydrogens (tertiary/aromatic N) is 3. The molecule has 1 saturated heterocycles. The molecule has 6 nitrogen and oxygen atoms in total. The van der Waals surface area contributed by atoms with Gasteiger partial charge in [-0.2, -0.15) is 0 Å². The summed E-state index contributed by atoms with van der Waals surface area (Å²) in [4.78, 5) is 14.5. The van der Waals surface area contributed by atoms with E-state index in [2.05, 4.69) is 20.4 Å². The lowest BCUT2D eigenvalue weighted by Gasteiger charge is -2.22. The molecule has 0 spiro atoms. The molecule has 0 aromatic carbocycles. The molecule has 1 aliphatic heterocycles. The van der Waals surface area contributed by atoms with Crippen LogP contribution in [0.15, 0.2) is 22.8 Å². The molecule has 3 heterocycles. The van der Waals surface area contributed by atoms with E-state index >= 15 is 0 Å². The van der Waals surface area contributed by atoms with Crippen LogP contribution in [0.25, 0.3) is 0 Å². The summed E-state index contributed by atoms with van der Waals surface area (Å²) in [7, 11) is 0. The van der Waals surface area contributed by atoms with Gasteiger partial charge in [0.15, 0.2) is 0 Å². The average Bonchev–Trinajstić information content (AvgIpc) is 3.02. The number of hydrogen-bond donors (Lipinski definition) is 1. The molecule has 0 radical (unpaired) electrons. The normalized spacial score (nSPS) is 21.3. The number of anilines is 1. The first kappa shape index (κ1) is 13.8. The minimum Gasteiger partial charge on any atom is -0.467 e. The molecule has 0 bridgehead atoms. The van der Waals surface area contributed by atoms with E-state index in [9.17, 15) is 4.79 Å². The van der Waals surface area contributed by atoms with Crippen molar-refractivity contribution in [2.45, 2.75) is 44.2 Å². The van der Waals surface area contributed by atoms with Crippen LogP contribution in [0.3, 0.4) is 0 Å². The van der Waals surface area contributed by atoms with Crippen LogP contribution >= 0.6 is 11.3 Å². The van der Waals surface area contributed by atoms with Gasteiger partial charge in [-0.15, -0.1) is 10.2 Å². The van der Waals surface area contributed by atoms with Crippen molar-refractivity contribution in [3.05, 3.63) is 29.2 Å². The summed E-state index contributed by atoms with van der Waals surface area (Å²) < 4.78 is 5.25. The number of nitrogens with one attached hydrogen (secondary N) is 1. The van der Waals surface area contributed by atoms with Crippen molar-refractivity contribution < 1.29 is 9.21 Å². The average molecular weight is 318 g/mol. The van der Waals surface area contributed by atoms with E-state index in [1.165, 1.54) is 12.8 Å². The first-order valence-corrected chi connectivity index (χ1v) is 8.53.